The Bertz CT molecular complexity index is 1600. The van der Waals surface area contributed by atoms with Gasteiger partial charge in [0.05, 0.1) is 11.7 Å². The van der Waals surface area contributed by atoms with Crippen molar-refractivity contribution in [2.45, 2.75) is 12.5 Å². The third-order valence-corrected chi connectivity index (χ3v) is 7.25. The molecule has 12 heteroatoms. The normalized spacial score (nSPS) is 15.7. The van der Waals surface area contributed by atoms with Crippen LogP contribution in [0.1, 0.15) is 18.1 Å². The second-order valence-corrected chi connectivity index (χ2v) is 10.1. The van der Waals surface area contributed by atoms with Gasteiger partial charge >= 0.3 is 0 Å². The fourth-order valence-electron chi connectivity index (χ4n) is 4.83. The molecule has 5 aromatic rings. The van der Waals surface area contributed by atoms with Crippen molar-refractivity contribution in [3.05, 3.63) is 83.5 Å². The second kappa shape index (κ2) is 9.34. The molecule has 0 radical (unpaired) electrons. The van der Waals surface area contributed by atoms with Gasteiger partial charge in [-0.25, -0.2) is 23.9 Å². The van der Waals surface area contributed by atoms with Crippen LogP contribution in [0, 0.1) is 5.82 Å². The van der Waals surface area contributed by atoms with Crippen LogP contribution in [-0.2, 0) is 12.6 Å². The van der Waals surface area contributed by atoms with Gasteiger partial charge in [0.25, 0.3) is 0 Å². The van der Waals surface area contributed by atoms with Crippen molar-refractivity contribution in [1.29, 1.82) is 0 Å². The lowest BCUT2D eigenvalue weighted by Crippen LogP contribution is -2.47. The fraction of sp³-hybridized carbons (Fsp3) is 0.269. The van der Waals surface area contributed by atoms with Gasteiger partial charge < -0.3 is 15.5 Å². The topological polar surface area (TPSA) is 106 Å². The number of aromatic nitrogens is 7. The van der Waals surface area contributed by atoms with E-state index in [-0.39, 0.29) is 0 Å². The van der Waals surface area contributed by atoms with E-state index in [4.69, 9.17) is 17.3 Å². The monoisotopic (exact) mass is 532 g/mol. The van der Waals surface area contributed by atoms with Crippen molar-refractivity contribution < 1.29 is 4.39 Å². The molecule has 10 nitrogen and oxygen atoms in total. The Labute approximate surface area is 223 Å². The maximum Gasteiger partial charge on any atom is 0.225 e. The molecule has 6 rings (SSSR count). The molecule has 1 aliphatic heterocycles. The lowest BCUT2D eigenvalue weighted by atomic mass is 9.87. The third kappa shape index (κ3) is 4.33. The number of nitrogens with two attached hydrogens (primary N) is 1. The summed E-state index contributed by atoms with van der Waals surface area (Å²) in [4.78, 5) is 18.1. The zero-order chi connectivity index (χ0) is 26.4. The first-order valence-corrected chi connectivity index (χ1v) is 12.6. The molecule has 0 amide bonds. The van der Waals surface area contributed by atoms with Crippen LogP contribution < -0.4 is 15.5 Å². The molecule has 2 N–H and O–H groups in total. The summed E-state index contributed by atoms with van der Waals surface area (Å²) in [7, 11) is 1.90. The SMILES string of the molecule is Cn1cc(-c2cc3c(N4CCN(c5ncc([C@](C)(N)c6ccc(Cl)cc6F)cn5)CC4)ncnn3c2)cn1. The minimum absolute atomic E-state index is 0.321. The average Bonchev–Trinajstić information content (AvgIpc) is 3.55. The van der Waals surface area contributed by atoms with Crippen LogP contribution in [0.25, 0.3) is 16.6 Å². The highest BCUT2D eigenvalue weighted by atomic mass is 35.5. The first kappa shape index (κ1) is 24.3. The molecule has 0 saturated carbocycles. The number of halogens is 2. The number of hydrogen-bond acceptors (Lipinski definition) is 8. The van der Waals surface area contributed by atoms with E-state index in [1.54, 1.807) is 42.5 Å². The highest BCUT2D eigenvalue weighted by Gasteiger charge is 2.29. The van der Waals surface area contributed by atoms with Crippen LogP contribution in [0.15, 0.2) is 61.6 Å². The molecule has 0 spiro atoms. The number of piperazine rings is 1. The molecule has 1 atom stereocenters. The highest BCUT2D eigenvalue weighted by molar-refractivity contribution is 6.30. The van der Waals surface area contributed by atoms with E-state index in [1.165, 1.54) is 6.07 Å². The van der Waals surface area contributed by atoms with Crippen LogP contribution >= 0.6 is 11.6 Å². The van der Waals surface area contributed by atoms with Gasteiger partial charge in [-0.05, 0) is 25.1 Å². The van der Waals surface area contributed by atoms with E-state index < -0.39 is 11.4 Å². The maximum atomic E-state index is 14.5. The van der Waals surface area contributed by atoms with Gasteiger partial charge in [-0.3, -0.25) is 4.68 Å². The number of rotatable bonds is 5. The van der Waals surface area contributed by atoms with Crippen molar-refractivity contribution in [3.8, 4) is 11.1 Å². The first-order valence-electron chi connectivity index (χ1n) is 12.2. The zero-order valence-electron chi connectivity index (χ0n) is 21.0. The largest absolute Gasteiger partial charge is 0.351 e. The van der Waals surface area contributed by atoms with Crippen LogP contribution in [0.5, 0.6) is 0 Å². The molecular weight excluding hydrogens is 507 g/mol. The molecule has 5 heterocycles. The second-order valence-electron chi connectivity index (χ2n) is 9.62. The molecule has 0 aliphatic carbocycles. The predicted octanol–water partition coefficient (Wildman–Crippen LogP) is 3.26. The summed E-state index contributed by atoms with van der Waals surface area (Å²) in [6.45, 7) is 4.67. The van der Waals surface area contributed by atoms with Gasteiger partial charge in [-0.15, -0.1) is 0 Å². The Kier molecular flexibility index (Phi) is 5.96. The van der Waals surface area contributed by atoms with Crippen molar-refractivity contribution in [2.75, 3.05) is 36.0 Å². The Morgan fingerprint density at radius 3 is 2.34 bits per heavy atom. The summed E-state index contributed by atoms with van der Waals surface area (Å²) >= 11 is 5.90. The van der Waals surface area contributed by atoms with Crippen molar-refractivity contribution in [2.24, 2.45) is 12.8 Å². The fourth-order valence-corrected chi connectivity index (χ4v) is 4.98. The summed E-state index contributed by atoms with van der Waals surface area (Å²) in [5.74, 6) is 1.03. The summed E-state index contributed by atoms with van der Waals surface area (Å²) in [6, 6.07) is 6.57. The number of nitrogens with zero attached hydrogens (tertiary/aromatic N) is 9. The van der Waals surface area contributed by atoms with Crippen LogP contribution in [0.2, 0.25) is 5.02 Å². The molecule has 1 saturated heterocycles. The molecule has 1 aromatic carbocycles. The Morgan fingerprint density at radius 1 is 0.921 bits per heavy atom. The molecule has 1 aliphatic rings. The van der Waals surface area contributed by atoms with E-state index in [0.29, 0.717) is 22.1 Å². The molecule has 38 heavy (non-hydrogen) atoms. The quantitative estimate of drug-likeness (QED) is 0.367. The number of aryl methyl sites for hydroxylation is 1. The van der Waals surface area contributed by atoms with Crippen LogP contribution in [0.4, 0.5) is 16.2 Å². The molecule has 4 aromatic heterocycles. The van der Waals surface area contributed by atoms with Crippen molar-refractivity contribution in [1.82, 2.24) is 34.3 Å². The minimum Gasteiger partial charge on any atom is -0.351 e. The van der Waals surface area contributed by atoms with Crippen molar-refractivity contribution in [3.63, 3.8) is 0 Å². The van der Waals surface area contributed by atoms with E-state index in [2.05, 4.69) is 41.0 Å². The van der Waals surface area contributed by atoms with Crippen LogP contribution in [0.3, 0.4) is 0 Å². The lowest BCUT2D eigenvalue weighted by Gasteiger charge is -2.35. The standard InChI is InChI=1S/C26H26ClFN10/c1-26(29,21-4-3-20(27)10-22(21)28)19-12-30-25(31-13-19)37-7-5-36(6-8-37)24-23-9-17(15-38(23)34-16-32-24)18-11-33-35(2)14-18/h3-4,9-16H,5-8,29H2,1-2H3/t26-/m0/s1. The highest BCUT2D eigenvalue weighted by Crippen LogP contribution is 2.30. The summed E-state index contributed by atoms with van der Waals surface area (Å²) in [6.07, 6.45) is 10.7. The van der Waals surface area contributed by atoms with Crippen LogP contribution in [-0.4, -0.2) is 60.5 Å². The molecule has 1 fully saturated rings. The van der Waals surface area contributed by atoms with E-state index in [1.807, 2.05) is 30.2 Å². The Hall–Kier alpha value is -4.09. The summed E-state index contributed by atoms with van der Waals surface area (Å²) in [5, 5.41) is 8.98. The van der Waals surface area contributed by atoms with Gasteiger partial charge in [0.15, 0.2) is 5.82 Å². The van der Waals surface area contributed by atoms with E-state index >= 15 is 0 Å². The number of hydrogen-bond donors (Lipinski definition) is 1. The van der Waals surface area contributed by atoms with Gasteiger partial charge in [0, 0.05) is 85.3 Å². The Morgan fingerprint density at radius 2 is 1.66 bits per heavy atom. The molecular formula is C26H26ClFN10. The summed E-state index contributed by atoms with van der Waals surface area (Å²) < 4.78 is 18.2. The maximum absolute atomic E-state index is 14.5. The van der Waals surface area contributed by atoms with E-state index in [0.717, 1.165) is 48.6 Å². The zero-order valence-corrected chi connectivity index (χ0v) is 21.7. The van der Waals surface area contributed by atoms with E-state index in [9.17, 15) is 4.39 Å². The average molecular weight is 533 g/mol. The summed E-state index contributed by atoms with van der Waals surface area (Å²) in [5.41, 5.74) is 9.36. The smallest absolute Gasteiger partial charge is 0.225 e. The molecule has 0 unspecified atom stereocenters. The Balaban J connectivity index is 1.17. The first-order chi connectivity index (χ1) is 18.3. The molecule has 194 valence electrons. The van der Waals surface area contributed by atoms with Gasteiger partial charge in [-0.2, -0.15) is 10.2 Å². The minimum atomic E-state index is -1.10. The van der Waals surface area contributed by atoms with Crippen molar-refractivity contribution >= 4 is 28.9 Å². The predicted molar refractivity (Wildman–Crippen MR) is 144 cm³/mol. The number of benzene rings is 1. The number of anilines is 2. The van der Waals surface area contributed by atoms with Gasteiger partial charge in [0.1, 0.15) is 17.7 Å². The lowest BCUT2D eigenvalue weighted by molar-refractivity contribution is 0.527. The number of fused-ring (bicyclic) bond motifs is 1. The van der Waals surface area contributed by atoms with Gasteiger partial charge in [-0.1, -0.05) is 17.7 Å². The molecule has 0 bridgehead atoms. The van der Waals surface area contributed by atoms with Gasteiger partial charge in [0.2, 0.25) is 5.95 Å². The third-order valence-electron chi connectivity index (χ3n) is 7.01.